The van der Waals surface area contributed by atoms with Gasteiger partial charge in [0.05, 0.1) is 11.5 Å². The number of nitrogens with one attached hydrogen (secondary N) is 1. The van der Waals surface area contributed by atoms with Crippen molar-refractivity contribution in [2.45, 2.75) is 33.8 Å². The van der Waals surface area contributed by atoms with Crippen LogP contribution in [0.25, 0.3) is 0 Å². The van der Waals surface area contributed by atoms with Gasteiger partial charge in [0.15, 0.2) is 0 Å². The zero-order valence-electron chi connectivity index (χ0n) is 11.5. The SMILES string of the molecule is CC(C)Oc1ccc(NC(=O)C(C)(C)CN)cc1. The van der Waals surface area contributed by atoms with E-state index in [4.69, 9.17) is 10.5 Å². The molecule has 0 saturated carbocycles. The Bertz CT molecular complexity index is 397. The Balaban J connectivity index is 2.67. The maximum absolute atomic E-state index is 11.9. The molecule has 0 atom stereocenters. The van der Waals surface area contributed by atoms with Gasteiger partial charge < -0.3 is 15.8 Å². The van der Waals surface area contributed by atoms with Crippen molar-refractivity contribution < 1.29 is 9.53 Å². The van der Waals surface area contributed by atoms with Crippen LogP contribution in [0, 0.1) is 5.41 Å². The molecule has 4 heteroatoms. The molecule has 0 bridgehead atoms. The van der Waals surface area contributed by atoms with Crippen LogP contribution in [0.2, 0.25) is 0 Å². The highest BCUT2D eigenvalue weighted by molar-refractivity contribution is 5.94. The fourth-order valence-electron chi connectivity index (χ4n) is 1.28. The van der Waals surface area contributed by atoms with Gasteiger partial charge >= 0.3 is 0 Å². The summed E-state index contributed by atoms with van der Waals surface area (Å²) < 4.78 is 5.53. The van der Waals surface area contributed by atoms with Gasteiger partial charge in [0, 0.05) is 12.2 Å². The number of carbonyl (C=O) groups is 1. The van der Waals surface area contributed by atoms with Crippen LogP contribution in [0.5, 0.6) is 5.75 Å². The lowest BCUT2D eigenvalue weighted by Gasteiger charge is -2.21. The molecule has 1 amide bonds. The predicted octanol–water partition coefficient (Wildman–Crippen LogP) is 2.40. The van der Waals surface area contributed by atoms with Gasteiger partial charge in [-0.05, 0) is 52.0 Å². The van der Waals surface area contributed by atoms with Crippen molar-refractivity contribution in [2.75, 3.05) is 11.9 Å². The molecule has 0 aromatic heterocycles. The number of hydrogen-bond donors (Lipinski definition) is 2. The average molecular weight is 250 g/mol. The maximum atomic E-state index is 11.9. The van der Waals surface area contributed by atoms with E-state index in [-0.39, 0.29) is 12.0 Å². The molecule has 0 fully saturated rings. The summed E-state index contributed by atoms with van der Waals surface area (Å²) in [5.41, 5.74) is 5.74. The van der Waals surface area contributed by atoms with Crippen molar-refractivity contribution in [1.82, 2.24) is 0 Å². The zero-order chi connectivity index (χ0) is 13.8. The Morgan fingerprint density at radius 1 is 1.33 bits per heavy atom. The van der Waals surface area contributed by atoms with Crippen LogP contribution in [0.3, 0.4) is 0 Å². The molecular weight excluding hydrogens is 228 g/mol. The Morgan fingerprint density at radius 2 is 1.89 bits per heavy atom. The van der Waals surface area contributed by atoms with Crippen LogP contribution in [0.1, 0.15) is 27.7 Å². The minimum Gasteiger partial charge on any atom is -0.491 e. The van der Waals surface area contributed by atoms with E-state index in [1.165, 1.54) is 0 Å². The van der Waals surface area contributed by atoms with Crippen LogP contribution < -0.4 is 15.8 Å². The largest absolute Gasteiger partial charge is 0.491 e. The van der Waals surface area contributed by atoms with Crippen molar-refractivity contribution >= 4 is 11.6 Å². The van der Waals surface area contributed by atoms with E-state index in [0.717, 1.165) is 11.4 Å². The van der Waals surface area contributed by atoms with Crippen LogP contribution in [0.15, 0.2) is 24.3 Å². The topological polar surface area (TPSA) is 64.3 Å². The number of ether oxygens (including phenoxy) is 1. The molecule has 0 unspecified atom stereocenters. The second-order valence-corrected chi connectivity index (χ2v) is 5.23. The van der Waals surface area contributed by atoms with Crippen molar-refractivity contribution in [2.24, 2.45) is 11.1 Å². The molecule has 1 aromatic rings. The summed E-state index contributed by atoms with van der Waals surface area (Å²) in [4.78, 5) is 11.9. The molecule has 0 aliphatic heterocycles. The molecule has 0 saturated heterocycles. The predicted molar refractivity (Wildman–Crippen MR) is 73.7 cm³/mol. The first-order valence-electron chi connectivity index (χ1n) is 6.13. The lowest BCUT2D eigenvalue weighted by atomic mass is 9.92. The van der Waals surface area contributed by atoms with E-state index in [1.807, 2.05) is 52.0 Å². The van der Waals surface area contributed by atoms with Crippen LogP contribution in [-0.2, 0) is 4.79 Å². The van der Waals surface area contributed by atoms with Crippen molar-refractivity contribution in [3.8, 4) is 5.75 Å². The highest BCUT2D eigenvalue weighted by atomic mass is 16.5. The van der Waals surface area contributed by atoms with Crippen molar-refractivity contribution in [1.29, 1.82) is 0 Å². The molecule has 18 heavy (non-hydrogen) atoms. The van der Waals surface area contributed by atoms with E-state index in [1.54, 1.807) is 0 Å². The quantitative estimate of drug-likeness (QED) is 0.843. The molecular formula is C14H22N2O2. The smallest absolute Gasteiger partial charge is 0.231 e. The van der Waals surface area contributed by atoms with Gasteiger partial charge in [-0.15, -0.1) is 0 Å². The third kappa shape index (κ3) is 4.04. The summed E-state index contributed by atoms with van der Waals surface area (Å²) in [5.74, 6) is 0.712. The van der Waals surface area contributed by atoms with E-state index in [0.29, 0.717) is 6.54 Å². The number of nitrogens with two attached hydrogens (primary N) is 1. The number of carbonyl (C=O) groups excluding carboxylic acids is 1. The van der Waals surface area contributed by atoms with Crippen LogP contribution >= 0.6 is 0 Å². The van der Waals surface area contributed by atoms with Crippen molar-refractivity contribution in [3.63, 3.8) is 0 Å². The van der Waals surface area contributed by atoms with E-state index >= 15 is 0 Å². The molecule has 0 radical (unpaired) electrons. The Labute approximate surface area is 109 Å². The Hall–Kier alpha value is -1.55. The maximum Gasteiger partial charge on any atom is 0.231 e. The molecule has 0 spiro atoms. The van der Waals surface area contributed by atoms with Gasteiger partial charge in [0.25, 0.3) is 0 Å². The first-order valence-corrected chi connectivity index (χ1v) is 6.13. The third-order valence-corrected chi connectivity index (χ3v) is 2.61. The molecule has 100 valence electrons. The first kappa shape index (κ1) is 14.5. The van der Waals surface area contributed by atoms with Gasteiger partial charge in [-0.1, -0.05) is 0 Å². The number of amides is 1. The Morgan fingerprint density at radius 3 is 2.33 bits per heavy atom. The van der Waals surface area contributed by atoms with E-state index in [9.17, 15) is 4.79 Å². The van der Waals surface area contributed by atoms with Gasteiger partial charge in [0.2, 0.25) is 5.91 Å². The molecule has 0 aliphatic carbocycles. The summed E-state index contributed by atoms with van der Waals surface area (Å²) in [5, 5.41) is 2.84. The number of anilines is 1. The van der Waals surface area contributed by atoms with Gasteiger partial charge in [0.1, 0.15) is 5.75 Å². The standard InChI is InChI=1S/C14H22N2O2/c1-10(2)18-12-7-5-11(6-8-12)16-13(17)14(3,4)9-15/h5-8,10H,9,15H2,1-4H3,(H,16,17). The summed E-state index contributed by atoms with van der Waals surface area (Å²) in [7, 11) is 0. The Kier molecular flexibility index (Phi) is 4.73. The summed E-state index contributed by atoms with van der Waals surface area (Å²) in [6.45, 7) is 7.89. The molecule has 0 heterocycles. The minimum atomic E-state index is -0.562. The third-order valence-electron chi connectivity index (χ3n) is 2.61. The van der Waals surface area contributed by atoms with Crippen LogP contribution in [0.4, 0.5) is 5.69 Å². The number of benzene rings is 1. The van der Waals surface area contributed by atoms with Crippen LogP contribution in [-0.4, -0.2) is 18.6 Å². The second kappa shape index (κ2) is 5.87. The monoisotopic (exact) mass is 250 g/mol. The molecule has 1 aromatic carbocycles. The number of hydrogen-bond acceptors (Lipinski definition) is 3. The molecule has 3 N–H and O–H groups in total. The summed E-state index contributed by atoms with van der Waals surface area (Å²) in [6.07, 6.45) is 0.140. The summed E-state index contributed by atoms with van der Waals surface area (Å²) in [6, 6.07) is 7.32. The van der Waals surface area contributed by atoms with E-state index < -0.39 is 5.41 Å². The zero-order valence-corrected chi connectivity index (χ0v) is 11.5. The summed E-state index contributed by atoms with van der Waals surface area (Å²) >= 11 is 0. The second-order valence-electron chi connectivity index (χ2n) is 5.23. The fraction of sp³-hybridized carbons (Fsp3) is 0.500. The van der Waals surface area contributed by atoms with Gasteiger partial charge in [-0.3, -0.25) is 4.79 Å². The molecule has 1 rings (SSSR count). The molecule has 0 aliphatic rings. The molecule has 4 nitrogen and oxygen atoms in total. The minimum absolute atomic E-state index is 0.0810. The lowest BCUT2D eigenvalue weighted by Crippen LogP contribution is -2.37. The van der Waals surface area contributed by atoms with E-state index in [2.05, 4.69) is 5.32 Å². The van der Waals surface area contributed by atoms with Gasteiger partial charge in [-0.2, -0.15) is 0 Å². The van der Waals surface area contributed by atoms with Crippen molar-refractivity contribution in [3.05, 3.63) is 24.3 Å². The fourth-order valence-corrected chi connectivity index (χ4v) is 1.28. The highest BCUT2D eigenvalue weighted by Gasteiger charge is 2.25. The highest BCUT2D eigenvalue weighted by Crippen LogP contribution is 2.20. The normalized spacial score (nSPS) is 11.4. The average Bonchev–Trinajstić information content (AvgIpc) is 2.31. The number of rotatable bonds is 5. The first-order chi connectivity index (χ1) is 8.35. The lowest BCUT2D eigenvalue weighted by molar-refractivity contribution is -0.123. The van der Waals surface area contributed by atoms with Gasteiger partial charge in [-0.25, -0.2) is 0 Å².